The Morgan fingerprint density at radius 2 is 1.81 bits per heavy atom. The first-order valence-electron chi connectivity index (χ1n) is 10.6. The number of carbonyl (C=O) groups is 2. The summed E-state index contributed by atoms with van der Waals surface area (Å²) in [7, 11) is -3.92. The summed E-state index contributed by atoms with van der Waals surface area (Å²) in [4.78, 5) is 26.0. The zero-order valence-corrected chi connectivity index (χ0v) is 19.1. The maximum absolute atomic E-state index is 13.2. The van der Waals surface area contributed by atoms with E-state index in [0.29, 0.717) is 25.4 Å². The molecule has 1 heterocycles. The van der Waals surface area contributed by atoms with E-state index in [2.05, 4.69) is 10.0 Å². The van der Waals surface area contributed by atoms with Crippen LogP contribution in [0.4, 0.5) is 5.69 Å². The van der Waals surface area contributed by atoms with Gasteiger partial charge in [-0.3, -0.25) is 9.59 Å². The minimum atomic E-state index is -3.92. The van der Waals surface area contributed by atoms with Crippen molar-refractivity contribution in [2.45, 2.75) is 50.3 Å². The molecule has 2 amide bonds. The Bertz CT molecular complexity index is 1020. The number of nitrogens with one attached hydrogen (secondary N) is 2. The minimum absolute atomic E-state index is 0.0139. The number of hydrogen-bond donors (Lipinski definition) is 2. The number of hydrogen-bond acceptors (Lipinski definition) is 5. The normalized spacial score (nSPS) is 17.0. The Labute approximate surface area is 189 Å². The molecule has 1 saturated heterocycles. The highest BCUT2D eigenvalue weighted by atomic mass is 32.2. The molecule has 1 aliphatic rings. The van der Waals surface area contributed by atoms with Gasteiger partial charge in [-0.2, -0.15) is 4.72 Å². The molecule has 1 fully saturated rings. The van der Waals surface area contributed by atoms with Crippen molar-refractivity contribution < 1.29 is 22.7 Å². The van der Waals surface area contributed by atoms with Gasteiger partial charge in [0.15, 0.2) is 0 Å². The first kappa shape index (κ1) is 23.9. The largest absolute Gasteiger partial charge is 0.376 e. The van der Waals surface area contributed by atoms with Crippen molar-refractivity contribution >= 4 is 27.5 Å². The molecular formula is C23H29N3O5S. The van der Waals surface area contributed by atoms with Gasteiger partial charge in [0, 0.05) is 32.3 Å². The van der Waals surface area contributed by atoms with Gasteiger partial charge in [-0.25, -0.2) is 8.42 Å². The molecule has 0 aromatic heterocycles. The molecule has 2 aromatic rings. The highest BCUT2D eigenvalue weighted by Gasteiger charge is 2.29. The third-order valence-electron chi connectivity index (χ3n) is 5.16. The molecule has 9 heteroatoms. The van der Waals surface area contributed by atoms with Crippen molar-refractivity contribution in [3.63, 3.8) is 0 Å². The summed E-state index contributed by atoms with van der Waals surface area (Å²) in [6.45, 7) is 4.37. The van der Waals surface area contributed by atoms with Gasteiger partial charge in [0.1, 0.15) is 0 Å². The number of rotatable bonds is 9. The molecule has 0 radical (unpaired) electrons. The highest BCUT2D eigenvalue weighted by molar-refractivity contribution is 7.89. The first-order valence-corrected chi connectivity index (χ1v) is 12.1. The predicted molar refractivity (Wildman–Crippen MR) is 121 cm³/mol. The topological polar surface area (TPSA) is 105 Å². The molecule has 2 aromatic carbocycles. The SMILES string of the molecule is CC(=O)Nc1ccc(S(=O)(=O)N[C@@H](C)C(=O)N(Cc2ccccc2)CC2CCCO2)cc1. The van der Waals surface area contributed by atoms with E-state index in [1.165, 1.54) is 31.2 Å². The van der Waals surface area contributed by atoms with Crippen molar-refractivity contribution in [1.82, 2.24) is 9.62 Å². The molecule has 2 N–H and O–H groups in total. The lowest BCUT2D eigenvalue weighted by Crippen LogP contribution is -2.48. The second kappa shape index (κ2) is 10.7. The molecule has 3 rings (SSSR count). The predicted octanol–water partition coefficient (Wildman–Crippen LogP) is 2.52. The third kappa shape index (κ3) is 6.62. The highest BCUT2D eigenvalue weighted by Crippen LogP contribution is 2.18. The monoisotopic (exact) mass is 459 g/mol. The molecule has 0 saturated carbocycles. The van der Waals surface area contributed by atoms with Crippen LogP contribution in [0.3, 0.4) is 0 Å². The van der Waals surface area contributed by atoms with Crippen LogP contribution in [0.2, 0.25) is 0 Å². The molecular weight excluding hydrogens is 430 g/mol. The molecule has 8 nitrogen and oxygen atoms in total. The standard InChI is InChI=1S/C23H29N3O5S/c1-17(25-32(29,30)22-12-10-20(11-13-22)24-18(2)27)23(28)26(16-21-9-6-14-31-21)15-19-7-4-3-5-8-19/h3-5,7-8,10-13,17,21,25H,6,9,14-16H2,1-2H3,(H,24,27)/t17-,21?/m0/s1. The summed E-state index contributed by atoms with van der Waals surface area (Å²) in [6, 6.07) is 14.4. The van der Waals surface area contributed by atoms with Crippen molar-refractivity contribution in [1.29, 1.82) is 0 Å². The quantitative estimate of drug-likeness (QED) is 0.600. The van der Waals surface area contributed by atoms with Gasteiger partial charge in [0.2, 0.25) is 21.8 Å². The van der Waals surface area contributed by atoms with Crippen LogP contribution < -0.4 is 10.0 Å². The summed E-state index contributed by atoms with van der Waals surface area (Å²) >= 11 is 0. The van der Waals surface area contributed by atoms with E-state index in [9.17, 15) is 18.0 Å². The number of anilines is 1. The van der Waals surface area contributed by atoms with Gasteiger partial charge >= 0.3 is 0 Å². The number of ether oxygens (including phenoxy) is 1. The van der Waals surface area contributed by atoms with Crippen molar-refractivity contribution in [3.05, 3.63) is 60.2 Å². The Morgan fingerprint density at radius 3 is 2.41 bits per heavy atom. The molecule has 32 heavy (non-hydrogen) atoms. The van der Waals surface area contributed by atoms with Crippen LogP contribution in [0.25, 0.3) is 0 Å². The second-order valence-corrected chi connectivity index (χ2v) is 9.60. The second-order valence-electron chi connectivity index (χ2n) is 7.89. The van der Waals surface area contributed by atoms with Crippen LogP contribution in [0, 0.1) is 0 Å². The van der Waals surface area contributed by atoms with E-state index in [1.54, 1.807) is 11.8 Å². The third-order valence-corrected chi connectivity index (χ3v) is 6.72. The summed E-state index contributed by atoms with van der Waals surface area (Å²) < 4.78 is 33.8. The Balaban J connectivity index is 1.71. The molecule has 2 atom stereocenters. The van der Waals surface area contributed by atoms with Gasteiger partial charge in [0.25, 0.3) is 0 Å². The lowest BCUT2D eigenvalue weighted by atomic mass is 10.1. The van der Waals surface area contributed by atoms with E-state index < -0.39 is 16.1 Å². The van der Waals surface area contributed by atoms with Crippen LogP contribution in [0.5, 0.6) is 0 Å². The molecule has 1 unspecified atom stereocenters. The van der Waals surface area contributed by atoms with Gasteiger partial charge in [-0.15, -0.1) is 0 Å². The number of nitrogens with zero attached hydrogens (tertiary/aromatic N) is 1. The van der Waals surface area contributed by atoms with Crippen LogP contribution in [0.15, 0.2) is 59.5 Å². The van der Waals surface area contributed by atoms with E-state index in [4.69, 9.17) is 4.74 Å². The van der Waals surface area contributed by atoms with Crippen LogP contribution in [0.1, 0.15) is 32.3 Å². The average Bonchev–Trinajstić information content (AvgIpc) is 3.26. The molecule has 0 spiro atoms. The van der Waals surface area contributed by atoms with Gasteiger partial charge < -0.3 is 15.0 Å². The lowest BCUT2D eigenvalue weighted by Gasteiger charge is -2.28. The fourth-order valence-corrected chi connectivity index (χ4v) is 4.81. The number of sulfonamides is 1. The fraction of sp³-hybridized carbons (Fsp3) is 0.391. The van der Waals surface area contributed by atoms with Crippen LogP contribution >= 0.6 is 0 Å². The number of amides is 2. The van der Waals surface area contributed by atoms with E-state index in [0.717, 1.165) is 18.4 Å². The van der Waals surface area contributed by atoms with Crippen LogP contribution in [-0.2, 0) is 30.9 Å². The number of carbonyl (C=O) groups excluding carboxylic acids is 2. The van der Waals surface area contributed by atoms with E-state index >= 15 is 0 Å². The average molecular weight is 460 g/mol. The van der Waals surface area contributed by atoms with E-state index in [-0.39, 0.29) is 22.8 Å². The molecule has 0 bridgehead atoms. The molecule has 1 aliphatic heterocycles. The number of benzene rings is 2. The van der Waals surface area contributed by atoms with E-state index in [1.807, 2.05) is 30.3 Å². The van der Waals surface area contributed by atoms with Gasteiger partial charge in [-0.05, 0) is 49.6 Å². The summed E-state index contributed by atoms with van der Waals surface area (Å²) in [5.41, 5.74) is 1.45. The Kier molecular flexibility index (Phi) is 8.00. The Hall–Kier alpha value is -2.75. The van der Waals surface area contributed by atoms with Crippen molar-refractivity contribution in [3.8, 4) is 0 Å². The maximum atomic E-state index is 13.2. The Morgan fingerprint density at radius 1 is 1.12 bits per heavy atom. The zero-order chi connectivity index (χ0) is 23.1. The zero-order valence-electron chi connectivity index (χ0n) is 18.3. The summed E-state index contributed by atoms with van der Waals surface area (Å²) in [6.07, 6.45) is 1.78. The van der Waals surface area contributed by atoms with Gasteiger partial charge in [0.05, 0.1) is 17.0 Å². The van der Waals surface area contributed by atoms with Crippen molar-refractivity contribution in [2.75, 3.05) is 18.5 Å². The summed E-state index contributed by atoms with van der Waals surface area (Å²) in [5, 5.41) is 2.59. The lowest BCUT2D eigenvalue weighted by molar-refractivity contribution is -0.134. The van der Waals surface area contributed by atoms with Crippen LogP contribution in [-0.4, -0.2) is 50.4 Å². The maximum Gasteiger partial charge on any atom is 0.241 e. The smallest absolute Gasteiger partial charge is 0.241 e. The molecule has 0 aliphatic carbocycles. The fourth-order valence-electron chi connectivity index (χ4n) is 3.62. The first-order chi connectivity index (χ1) is 15.2. The van der Waals surface area contributed by atoms with Crippen molar-refractivity contribution in [2.24, 2.45) is 0 Å². The van der Waals surface area contributed by atoms with Gasteiger partial charge in [-0.1, -0.05) is 30.3 Å². The molecule has 172 valence electrons. The minimum Gasteiger partial charge on any atom is -0.376 e. The summed E-state index contributed by atoms with van der Waals surface area (Å²) in [5.74, 6) is -0.564.